The SMILES string of the molecule is Cc1cc(=O)n(C(CC(C)C)C(=O)C[C@@H](CC(=O)O)c2cc(-c3c(C)cccc3C)cc(F)c2F)cc1CCN(C)C. The summed E-state index contributed by atoms with van der Waals surface area (Å²) >= 11 is 0. The van der Waals surface area contributed by atoms with Crippen LogP contribution < -0.4 is 5.56 Å². The zero-order valence-corrected chi connectivity index (χ0v) is 25.6. The molecule has 2 atom stereocenters. The fraction of sp³-hybridized carbons (Fsp3) is 0.441. The molecule has 1 aromatic heterocycles. The van der Waals surface area contributed by atoms with Gasteiger partial charge in [-0.3, -0.25) is 14.4 Å². The zero-order chi connectivity index (χ0) is 31.3. The molecule has 0 saturated carbocycles. The van der Waals surface area contributed by atoms with Crippen LogP contribution in [0, 0.1) is 38.3 Å². The van der Waals surface area contributed by atoms with Crippen molar-refractivity contribution < 1.29 is 23.5 Å². The summed E-state index contributed by atoms with van der Waals surface area (Å²) in [6.45, 7) is 10.2. The fourth-order valence-electron chi connectivity index (χ4n) is 5.59. The molecule has 0 spiro atoms. The predicted molar refractivity (Wildman–Crippen MR) is 162 cm³/mol. The molecule has 1 unspecified atom stereocenters. The molecule has 0 aliphatic carbocycles. The summed E-state index contributed by atoms with van der Waals surface area (Å²) in [5.41, 5.74) is 4.14. The van der Waals surface area contributed by atoms with Gasteiger partial charge in [0.2, 0.25) is 0 Å². The van der Waals surface area contributed by atoms with E-state index in [4.69, 9.17) is 0 Å². The second kappa shape index (κ2) is 14.0. The van der Waals surface area contributed by atoms with E-state index in [-0.39, 0.29) is 23.5 Å². The molecular weight excluding hydrogens is 538 g/mol. The number of benzene rings is 2. The molecule has 0 bridgehead atoms. The fourth-order valence-corrected chi connectivity index (χ4v) is 5.59. The van der Waals surface area contributed by atoms with Crippen molar-refractivity contribution >= 4 is 11.8 Å². The number of carboxylic acids is 1. The van der Waals surface area contributed by atoms with Gasteiger partial charge in [0.15, 0.2) is 17.4 Å². The minimum absolute atomic E-state index is 0.0387. The number of aromatic nitrogens is 1. The molecule has 0 radical (unpaired) electrons. The number of ketones is 1. The molecule has 3 aromatic rings. The Balaban J connectivity index is 2.09. The first-order chi connectivity index (χ1) is 19.7. The van der Waals surface area contributed by atoms with E-state index in [9.17, 15) is 19.5 Å². The number of halogens is 2. The summed E-state index contributed by atoms with van der Waals surface area (Å²) in [5, 5.41) is 9.72. The van der Waals surface area contributed by atoms with Crippen LogP contribution in [0.15, 0.2) is 47.4 Å². The molecule has 1 N–H and O–H groups in total. The van der Waals surface area contributed by atoms with Crippen molar-refractivity contribution in [3.63, 3.8) is 0 Å². The highest BCUT2D eigenvalue weighted by atomic mass is 19.2. The molecule has 0 amide bonds. The summed E-state index contributed by atoms with van der Waals surface area (Å²) in [6.07, 6.45) is 1.82. The quantitative estimate of drug-likeness (QED) is 0.246. The Morgan fingerprint density at radius 2 is 1.62 bits per heavy atom. The number of nitrogens with zero attached hydrogens (tertiary/aromatic N) is 2. The van der Waals surface area contributed by atoms with Gasteiger partial charge in [0.05, 0.1) is 12.5 Å². The lowest BCUT2D eigenvalue weighted by molar-refractivity contribution is -0.137. The lowest BCUT2D eigenvalue weighted by Gasteiger charge is -2.25. The van der Waals surface area contributed by atoms with Gasteiger partial charge in [-0.05, 0) is 105 Å². The topological polar surface area (TPSA) is 79.6 Å². The number of likely N-dealkylation sites (N-methyl/N-ethyl adjacent to an activating group) is 1. The minimum Gasteiger partial charge on any atom is -0.481 e. The van der Waals surface area contributed by atoms with Crippen LogP contribution in [0.1, 0.15) is 72.9 Å². The summed E-state index contributed by atoms with van der Waals surface area (Å²) in [7, 11) is 3.91. The number of carboxylic acid groups (broad SMARTS) is 1. The number of Topliss-reactive ketones (excluding diaryl/α,β-unsaturated/α-hetero) is 1. The first-order valence-electron chi connectivity index (χ1n) is 14.4. The van der Waals surface area contributed by atoms with Gasteiger partial charge in [-0.15, -0.1) is 0 Å². The molecule has 2 aromatic carbocycles. The van der Waals surface area contributed by atoms with Crippen LogP contribution in [0.25, 0.3) is 11.1 Å². The number of pyridine rings is 1. The van der Waals surface area contributed by atoms with Gasteiger partial charge in [-0.25, -0.2) is 8.78 Å². The molecule has 3 rings (SSSR count). The van der Waals surface area contributed by atoms with Gasteiger partial charge in [-0.1, -0.05) is 32.0 Å². The smallest absolute Gasteiger partial charge is 0.303 e. The van der Waals surface area contributed by atoms with Gasteiger partial charge < -0.3 is 14.6 Å². The Morgan fingerprint density at radius 1 is 0.976 bits per heavy atom. The Morgan fingerprint density at radius 3 is 2.19 bits per heavy atom. The second-order valence-corrected chi connectivity index (χ2v) is 12.0. The highest BCUT2D eigenvalue weighted by molar-refractivity contribution is 5.84. The summed E-state index contributed by atoms with van der Waals surface area (Å²) in [6, 6.07) is 8.81. The van der Waals surface area contributed by atoms with Crippen molar-refractivity contribution in [1.29, 1.82) is 0 Å². The van der Waals surface area contributed by atoms with E-state index in [1.54, 1.807) is 6.20 Å². The number of aryl methyl sites for hydroxylation is 3. The molecule has 1 heterocycles. The van der Waals surface area contributed by atoms with Gasteiger partial charge in [-0.2, -0.15) is 0 Å². The molecule has 0 aliphatic rings. The van der Waals surface area contributed by atoms with Gasteiger partial charge in [0.1, 0.15) is 0 Å². The number of aliphatic carboxylic acids is 1. The average molecular weight is 581 g/mol. The van der Waals surface area contributed by atoms with Crippen molar-refractivity contribution in [2.75, 3.05) is 20.6 Å². The molecular formula is C34H42F2N2O4. The maximum Gasteiger partial charge on any atom is 0.303 e. The third-order valence-electron chi connectivity index (χ3n) is 7.76. The third-order valence-corrected chi connectivity index (χ3v) is 7.76. The largest absolute Gasteiger partial charge is 0.481 e. The lowest BCUT2D eigenvalue weighted by Crippen LogP contribution is -2.32. The Kier molecular flexibility index (Phi) is 11.0. The highest BCUT2D eigenvalue weighted by Crippen LogP contribution is 2.36. The highest BCUT2D eigenvalue weighted by Gasteiger charge is 2.30. The maximum absolute atomic E-state index is 15.4. The van der Waals surface area contributed by atoms with Crippen molar-refractivity contribution in [2.24, 2.45) is 5.92 Å². The van der Waals surface area contributed by atoms with Crippen LogP contribution in [0.5, 0.6) is 0 Å². The van der Waals surface area contributed by atoms with Gasteiger partial charge in [0, 0.05) is 31.1 Å². The summed E-state index contributed by atoms with van der Waals surface area (Å²) in [5.74, 6) is -4.98. The van der Waals surface area contributed by atoms with Crippen molar-refractivity contribution in [3.8, 4) is 11.1 Å². The van der Waals surface area contributed by atoms with Crippen molar-refractivity contribution in [2.45, 2.75) is 72.3 Å². The van der Waals surface area contributed by atoms with E-state index in [0.717, 1.165) is 40.4 Å². The van der Waals surface area contributed by atoms with Crippen LogP contribution in [0.3, 0.4) is 0 Å². The molecule has 6 nitrogen and oxygen atoms in total. The monoisotopic (exact) mass is 580 g/mol. The van der Waals surface area contributed by atoms with Crippen LogP contribution in [-0.2, 0) is 16.0 Å². The van der Waals surface area contributed by atoms with E-state index in [0.29, 0.717) is 18.4 Å². The first-order valence-corrected chi connectivity index (χ1v) is 14.4. The third kappa shape index (κ3) is 8.00. The Bertz CT molecular complexity index is 1490. The number of hydrogen-bond donors (Lipinski definition) is 1. The van der Waals surface area contributed by atoms with Crippen LogP contribution in [-0.4, -0.2) is 47.0 Å². The summed E-state index contributed by atoms with van der Waals surface area (Å²) in [4.78, 5) is 41.0. The van der Waals surface area contributed by atoms with Crippen LogP contribution >= 0.6 is 0 Å². The van der Waals surface area contributed by atoms with E-state index >= 15 is 8.78 Å². The Labute approximate surface area is 247 Å². The minimum atomic E-state index is -1.23. The maximum atomic E-state index is 15.4. The number of hydrogen-bond acceptors (Lipinski definition) is 4. The lowest BCUT2D eigenvalue weighted by atomic mass is 9.84. The average Bonchev–Trinajstić information content (AvgIpc) is 2.88. The van der Waals surface area contributed by atoms with E-state index in [2.05, 4.69) is 0 Å². The molecule has 0 aliphatic heterocycles. The number of carbonyl (C=O) groups excluding carboxylic acids is 1. The second-order valence-electron chi connectivity index (χ2n) is 12.0. The van der Waals surface area contributed by atoms with Crippen molar-refractivity contribution in [1.82, 2.24) is 9.47 Å². The first kappa shape index (κ1) is 32.9. The van der Waals surface area contributed by atoms with Crippen LogP contribution in [0.4, 0.5) is 8.78 Å². The number of carbonyl (C=O) groups is 2. The zero-order valence-electron chi connectivity index (χ0n) is 25.6. The molecule has 0 fully saturated rings. The van der Waals surface area contributed by atoms with E-state index in [1.165, 1.54) is 16.7 Å². The molecule has 226 valence electrons. The molecule has 0 saturated heterocycles. The van der Waals surface area contributed by atoms with Gasteiger partial charge >= 0.3 is 5.97 Å². The standard InChI is InChI=1S/C34H42F2N2O4/c1-20(2)13-29(38-19-24(11-12-37(6)7)23(5)14-31(38)40)30(39)17-25(18-32(41)42)27-15-26(16-28(35)34(27)36)33-21(3)9-8-10-22(33)4/h8-10,14-16,19-20,25,29H,11-13,17-18H2,1-7H3,(H,41,42)/t25-,29?/m0/s1. The number of rotatable bonds is 13. The van der Waals surface area contributed by atoms with E-state index < -0.39 is 41.8 Å². The van der Waals surface area contributed by atoms with Crippen molar-refractivity contribution in [3.05, 3.63) is 92.4 Å². The Hall–Kier alpha value is -3.65. The van der Waals surface area contributed by atoms with Gasteiger partial charge in [0.25, 0.3) is 5.56 Å². The molecule has 42 heavy (non-hydrogen) atoms. The predicted octanol–water partition coefficient (Wildman–Crippen LogP) is 6.63. The normalized spacial score (nSPS) is 13.0. The molecule has 8 heteroatoms. The summed E-state index contributed by atoms with van der Waals surface area (Å²) < 4.78 is 31.8. The van der Waals surface area contributed by atoms with Crippen LogP contribution in [0.2, 0.25) is 0 Å². The van der Waals surface area contributed by atoms with E-state index in [1.807, 2.05) is 71.8 Å².